The molecule has 10 N–H and O–H groups in total. The molecule has 0 saturated carbocycles. The molecule has 63 heavy (non-hydrogen) atoms. The molecule has 0 saturated heterocycles. The highest BCUT2D eigenvalue weighted by Gasteiger charge is 2.40. The molecule has 0 aliphatic carbocycles. The Bertz CT molecular complexity index is 2140. The van der Waals surface area contributed by atoms with Crippen LogP contribution in [0.5, 0.6) is 0 Å². The maximum Gasteiger partial charge on any atom is 0.246 e. The lowest BCUT2D eigenvalue weighted by atomic mass is 9.99. The smallest absolute Gasteiger partial charge is 0.246 e. The van der Waals surface area contributed by atoms with Gasteiger partial charge in [0.2, 0.25) is 34.7 Å². The Kier molecular flexibility index (Phi) is 19.7. The summed E-state index contributed by atoms with van der Waals surface area (Å²) in [6, 6.07) is 19.6. The molecular formula is C46H62N8O7S2. The fraction of sp³-hybridized carbons (Fsp3) is 0.435. The quantitative estimate of drug-likeness (QED) is 0.0368. The van der Waals surface area contributed by atoms with Gasteiger partial charge in [0.05, 0.1) is 12.1 Å². The molecule has 340 valence electrons. The summed E-state index contributed by atoms with van der Waals surface area (Å²) in [4.78, 5) is 87.9. The average molecular weight is 903 g/mol. The Morgan fingerprint density at radius 2 is 1.33 bits per heavy atom. The second-order valence-corrected chi connectivity index (χ2v) is 17.6. The van der Waals surface area contributed by atoms with Gasteiger partial charge in [-0.3, -0.25) is 28.8 Å². The van der Waals surface area contributed by atoms with Crippen molar-refractivity contribution in [1.82, 2.24) is 31.2 Å². The van der Waals surface area contributed by atoms with Crippen LogP contribution in [-0.4, -0.2) is 117 Å². The van der Waals surface area contributed by atoms with Gasteiger partial charge in [-0.05, 0) is 81.5 Å². The van der Waals surface area contributed by atoms with Crippen molar-refractivity contribution < 1.29 is 33.9 Å². The second kappa shape index (κ2) is 24.6. The Balaban J connectivity index is 1.58. The zero-order valence-electron chi connectivity index (χ0n) is 36.3. The van der Waals surface area contributed by atoms with Crippen LogP contribution in [0.3, 0.4) is 0 Å². The summed E-state index contributed by atoms with van der Waals surface area (Å²) in [5, 5.41) is 22.4. The minimum absolute atomic E-state index is 0.0423. The Hall–Kier alpha value is -5.20. The molecule has 0 bridgehead atoms. The summed E-state index contributed by atoms with van der Waals surface area (Å²) in [6.45, 7) is 4.88. The number of aliphatic hydroxyl groups excluding tert-OH is 1. The third kappa shape index (κ3) is 14.7. The van der Waals surface area contributed by atoms with Crippen LogP contribution < -0.4 is 32.7 Å². The van der Waals surface area contributed by atoms with E-state index in [2.05, 4.69) is 38.9 Å². The first-order valence-corrected chi connectivity index (χ1v) is 22.7. The molecule has 4 rings (SSSR count). The number of amides is 5. The van der Waals surface area contributed by atoms with E-state index in [0.29, 0.717) is 36.5 Å². The largest absolute Gasteiger partial charge is 0.391 e. The lowest BCUT2D eigenvalue weighted by Gasteiger charge is -2.36. The minimum Gasteiger partial charge on any atom is -0.391 e. The van der Waals surface area contributed by atoms with Gasteiger partial charge in [0.15, 0.2) is 0 Å². The van der Waals surface area contributed by atoms with E-state index in [1.807, 2.05) is 60.7 Å². The summed E-state index contributed by atoms with van der Waals surface area (Å²) in [5.41, 5.74) is 14.0. The minimum atomic E-state index is -1.57. The number of para-hydroxylation sites is 1. The van der Waals surface area contributed by atoms with Gasteiger partial charge in [-0.2, -0.15) is 12.6 Å². The number of benzene rings is 3. The van der Waals surface area contributed by atoms with E-state index in [-0.39, 0.29) is 30.8 Å². The van der Waals surface area contributed by atoms with E-state index in [0.717, 1.165) is 33.8 Å². The van der Waals surface area contributed by atoms with Crippen molar-refractivity contribution in [2.24, 2.45) is 11.5 Å². The number of unbranched alkanes of at least 4 members (excludes halogenated alkanes) is 1. The number of carbonyl (C=O) groups is 6. The van der Waals surface area contributed by atoms with Crippen molar-refractivity contribution >= 4 is 69.9 Å². The average Bonchev–Trinajstić information content (AvgIpc) is 3.68. The first-order chi connectivity index (χ1) is 30.1. The number of thioether (sulfide) groups is 1. The van der Waals surface area contributed by atoms with Gasteiger partial charge < -0.3 is 47.7 Å². The van der Waals surface area contributed by atoms with Crippen molar-refractivity contribution in [3.63, 3.8) is 0 Å². The topological polar surface area (TPSA) is 242 Å². The first-order valence-electron chi connectivity index (χ1n) is 21.1. The molecule has 0 spiro atoms. The van der Waals surface area contributed by atoms with E-state index in [1.165, 1.54) is 18.9 Å². The van der Waals surface area contributed by atoms with Gasteiger partial charge in [0.1, 0.15) is 29.7 Å². The summed E-state index contributed by atoms with van der Waals surface area (Å²) < 4.78 is 0. The third-order valence-corrected chi connectivity index (χ3v) is 12.6. The number of H-pyrrole nitrogens is 1. The van der Waals surface area contributed by atoms with Crippen molar-refractivity contribution in [2.45, 2.75) is 101 Å². The molecule has 17 heteroatoms. The standard InChI is InChI=1S/C46H62N8O7S2/c1-29(55)39(43(59)52-38(26-31-17-9-6-10-18-31)44(60)54(4)46(2,3)45(61)63-24-23-62)53-41(57)36(21-13-14-22-47)50-42(58)37(27-32-28-49-35-20-12-11-19-33(32)35)51-40(56)34(48)25-30-15-7-5-8-16-30/h5-12,15-20,28-29,34,36-39,49,55,62H,13-14,21-27,47-48H2,1-4H3,(H,50,58)(H,51,56)(H,52,59)(H,53,57)/t29-,34-,36-,37-,38-,39-/m0/s1. The zero-order chi connectivity index (χ0) is 46.1. The number of nitrogens with two attached hydrogens (primary N) is 2. The van der Waals surface area contributed by atoms with Crippen LogP contribution in [0.1, 0.15) is 56.7 Å². The van der Waals surface area contributed by atoms with E-state index >= 15 is 0 Å². The number of nitrogens with zero attached hydrogens (tertiary/aromatic N) is 1. The molecular weight excluding hydrogens is 841 g/mol. The van der Waals surface area contributed by atoms with Crippen LogP contribution in [-0.2, 0) is 48.0 Å². The van der Waals surface area contributed by atoms with Crippen LogP contribution in [0, 0.1) is 0 Å². The van der Waals surface area contributed by atoms with Crippen molar-refractivity contribution in [3.05, 3.63) is 108 Å². The van der Waals surface area contributed by atoms with Crippen LogP contribution in [0.25, 0.3) is 10.9 Å². The Labute approximate surface area is 379 Å². The Morgan fingerprint density at radius 1 is 0.762 bits per heavy atom. The second-order valence-electron chi connectivity index (χ2n) is 16.1. The SMILES string of the molecule is C[C@H](O)[C@H](NC(=O)[C@H](CCCCN)NC(=O)[C@H](Cc1c[nH]c2ccccc12)NC(=O)[C@@H](N)Cc1ccccc1)C(=O)N[C@@H](Cc1ccccc1)C(=O)N(C)C(C)(C)C(=O)SCCS. The predicted octanol–water partition coefficient (Wildman–Crippen LogP) is 2.40. The number of fused-ring (bicyclic) bond motifs is 1. The van der Waals surface area contributed by atoms with Gasteiger partial charge in [-0.15, -0.1) is 0 Å². The molecule has 0 fully saturated rings. The highest BCUT2D eigenvalue weighted by atomic mass is 32.2. The van der Waals surface area contributed by atoms with E-state index in [9.17, 15) is 33.9 Å². The number of aromatic amines is 1. The molecule has 0 aliphatic heterocycles. The number of hydrogen-bond acceptors (Lipinski definition) is 11. The van der Waals surface area contributed by atoms with E-state index < -0.39 is 71.4 Å². The zero-order valence-corrected chi connectivity index (χ0v) is 38.1. The fourth-order valence-electron chi connectivity index (χ4n) is 6.93. The van der Waals surface area contributed by atoms with Crippen LogP contribution in [0.4, 0.5) is 0 Å². The van der Waals surface area contributed by atoms with Crippen LogP contribution >= 0.6 is 24.4 Å². The molecule has 1 aromatic heterocycles. The van der Waals surface area contributed by atoms with Crippen molar-refractivity contribution in [1.29, 1.82) is 0 Å². The normalized spacial score (nSPS) is 14.3. The maximum atomic E-state index is 14.3. The highest BCUT2D eigenvalue weighted by molar-refractivity contribution is 8.14. The molecule has 3 aromatic carbocycles. The summed E-state index contributed by atoms with van der Waals surface area (Å²) in [7, 11) is 1.49. The van der Waals surface area contributed by atoms with Gasteiger partial charge in [0.25, 0.3) is 0 Å². The van der Waals surface area contributed by atoms with Gasteiger partial charge in [-0.25, -0.2) is 0 Å². The van der Waals surface area contributed by atoms with Crippen molar-refractivity contribution in [3.8, 4) is 0 Å². The Morgan fingerprint density at radius 3 is 1.95 bits per heavy atom. The number of aromatic nitrogens is 1. The molecule has 0 radical (unpaired) electrons. The van der Waals surface area contributed by atoms with E-state index in [1.54, 1.807) is 44.3 Å². The fourth-order valence-corrected chi connectivity index (χ4v) is 7.98. The molecule has 0 unspecified atom stereocenters. The molecule has 4 aromatic rings. The molecule has 0 aliphatic rings. The van der Waals surface area contributed by atoms with Crippen molar-refractivity contribution in [2.75, 3.05) is 25.1 Å². The predicted molar refractivity (Wildman–Crippen MR) is 251 cm³/mol. The highest BCUT2D eigenvalue weighted by Crippen LogP contribution is 2.23. The van der Waals surface area contributed by atoms with Crippen LogP contribution in [0.15, 0.2) is 91.1 Å². The van der Waals surface area contributed by atoms with E-state index in [4.69, 9.17) is 11.5 Å². The first kappa shape index (κ1) is 50.4. The number of hydrogen-bond donors (Lipinski definition) is 9. The lowest BCUT2D eigenvalue weighted by molar-refractivity contribution is -0.143. The molecule has 5 amide bonds. The molecule has 15 nitrogen and oxygen atoms in total. The third-order valence-electron chi connectivity index (χ3n) is 10.9. The van der Waals surface area contributed by atoms with Gasteiger partial charge in [-0.1, -0.05) is 90.6 Å². The van der Waals surface area contributed by atoms with Gasteiger partial charge >= 0.3 is 0 Å². The number of aliphatic hydroxyl groups is 1. The number of rotatable bonds is 24. The number of nitrogens with one attached hydrogen (secondary N) is 5. The number of carbonyl (C=O) groups excluding carboxylic acids is 6. The summed E-state index contributed by atoms with van der Waals surface area (Å²) >= 11 is 5.24. The maximum absolute atomic E-state index is 14.3. The lowest BCUT2D eigenvalue weighted by Crippen LogP contribution is -2.62. The van der Waals surface area contributed by atoms with Crippen LogP contribution in [0.2, 0.25) is 0 Å². The number of likely N-dealkylation sites (N-methyl/N-ethyl adjacent to an activating group) is 1. The van der Waals surface area contributed by atoms with Gasteiger partial charge in [0, 0.05) is 42.7 Å². The summed E-state index contributed by atoms with van der Waals surface area (Å²) in [6.07, 6.45) is 1.68. The monoisotopic (exact) mass is 902 g/mol. The molecule has 6 atom stereocenters. The number of thiol groups is 1. The molecule has 1 heterocycles. The summed E-state index contributed by atoms with van der Waals surface area (Å²) in [5.74, 6) is -2.53.